The van der Waals surface area contributed by atoms with Crippen LogP contribution in [0.3, 0.4) is 0 Å². The van der Waals surface area contributed by atoms with Crippen LogP contribution in [0.2, 0.25) is 0 Å². The monoisotopic (exact) mass is 818 g/mol. The molecule has 16 nitrogen and oxygen atoms in total. The van der Waals surface area contributed by atoms with Crippen molar-refractivity contribution >= 4 is 42.0 Å². The van der Waals surface area contributed by atoms with Gasteiger partial charge >= 0.3 is 24.1 Å². The number of furan rings is 1. The van der Waals surface area contributed by atoms with Crippen molar-refractivity contribution in [1.29, 1.82) is 0 Å². The Labute approximate surface area is 331 Å². The van der Waals surface area contributed by atoms with Crippen LogP contribution in [0.5, 0.6) is 5.75 Å². The van der Waals surface area contributed by atoms with Crippen LogP contribution in [0.15, 0.2) is 52.9 Å². The minimum atomic E-state index is -4.63. The maximum atomic E-state index is 13.5. The molecule has 4 amide bonds. The quantitative estimate of drug-likeness (QED) is 0.0375. The molecule has 1 heterocycles. The van der Waals surface area contributed by atoms with Crippen molar-refractivity contribution in [3.63, 3.8) is 0 Å². The molecule has 314 valence electrons. The molecule has 5 N–H and O–H groups in total. The molecular formula is C39H45F3N4O12. The number of aryl methyl sites for hydroxylation is 1. The van der Waals surface area contributed by atoms with E-state index in [0.717, 1.165) is 31.0 Å². The summed E-state index contributed by atoms with van der Waals surface area (Å²) in [7, 11) is 0. The summed E-state index contributed by atoms with van der Waals surface area (Å²) in [5.41, 5.74) is -0.914. The van der Waals surface area contributed by atoms with Gasteiger partial charge in [-0.25, -0.2) is 9.59 Å². The fraction of sp³-hybridized carbons (Fsp3) is 0.410. The first-order valence-electron chi connectivity index (χ1n) is 18.3. The van der Waals surface area contributed by atoms with Gasteiger partial charge in [-0.05, 0) is 74.7 Å². The van der Waals surface area contributed by atoms with Gasteiger partial charge in [-0.2, -0.15) is 18.2 Å². The summed E-state index contributed by atoms with van der Waals surface area (Å²) in [5.74, 6) is -7.14. The summed E-state index contributed by atoms with van der Waals surface area (Å²) in [6, 6.07) is 6.77. The Morgan fingerprint density at radius 2 is 1.62 bits per heavy atom. The summed E-state index contributed by atoms with van der Waals surface area (Å²) in [6.45, 7) is 6.27. The highest BCUT2D eigenvalue weighted by atomic mass is 19.4. The number of alkyl halides is 3. The molecule has 3 atom stereocenters. The molecule has 58 heavy (non-hydrogen) atoms. The van der Waals surface area contributed by atoms with Crippen LogP contribution >= 0.6 is 0 Å². The normalized spacial score (nSPS) is 12.7. The average molecular weight is 819 g/mol. The minimum Gasteiger partial charge on any atom is -0.493 e. The number of carbonyl (C=O) groups is 7. The Balaban J connectivity index is 1.71. The van der Waals surface area contributed by atoms with E-state index in [9.17, 15) is 51.8 Å². The molecule has 19 heteroatoms. The van der Waals surface area contributed by atoms with Crippen molar-refractivity contribution in [2.24, 2.45) is 5.92 Å². The van der Waals surface area contributed by atoms with E-state index in [0.29, 0.717) is 17.0 Å². The third-order valence-electron chi connectivity index (χ3n) is 8.87. The van der Waals surface area contributed by atoms with E-state index in [-0.39, 0.29) is 66.5 Å². The van der Waals surface area contributed by atoms with Gasteiger partial charge in [0.1, 0.15) is 17.6 Å². The topological polar surface area (TPSA) is 231 Å². The smallest absolute Gasteiger partial charge is 0.416 e. The maximum absolute atomic E-state index is 13.5. The van der Waals surface area contributed by atoms with Crippen molar-refractivity contribution in [3.8, 4) is 17.1 Å². The Bertz CT molecular complexity index is 1970. The lowest BCUT2D eigenvalue weighted by molar-refractivity contribution is -0.171. The van der Waals surface area contributed by atoms with E-state index in [1.807, 2.05) is 6.92 Å². The fourth-order valence-corrected chi connectivity index (χ4v) is 5.93. The standard InChI is InChI=1S/C39H45F3N4O12/c1-5-8-9-10-26(29(6-2)46(21-47)58-38(55)25-14-12-24(17-22(25)4)39(40,41)42)34(50)43-20-44-36(52)31-16-15-30(57-31)23-11-13-27(32(18-23)56-7-3)35(51)45-28(37(53)54)19-33(48)49/h11-18,21,26,28-29H,5-10,19-20H2,1-4H3,(H,43,50)(H,44,52)(H,45,51)(H,48,49)(H,53,54)/t26-,28+,29-/m1/s1. The van der Waals surface area contributed by atoms with Gasteiger partial charge in [-0.1, -0.05) is 39.2 Å². The molecule has 0 aliphatic carbocycles. The number of nitrogens with zero attached hydrogens (tertiary/aromatic N) is 1. The number of hydrogen-bond donors (Lipinski definition) is 5. The second kappa shape index (κ2) is 21.2. The Hall–Kier alpha value is -6.40. The second-order valence-electron chi connectivity index (χ2n) is 12.9. The van der Waals surface area contributed by atoms with Crippen LogP contribution < -0.4 is 20.7 Å². The van der Waals surface area contributed by atoms with E-state index in [2.05, 4.69) is 16.0 Å². The predicted molar refractivity (Wildman–Crippen MR) is 198 cm³/mol. The summed E-state index contributed by atoms with van der Waals surface area (Å²) >= 11 is 0. The summed E-state index contributed by atoms with van der Waals surface area (Å²) < 4.78 is 50.7. The number of hydroxylamine groups is 2. The molecule has 0 aliphatic heterocycles. The van der Waals surface area contributed by atoms with Gasteiger partial charge < -0.3 is 40.2 Å². The number of carboxylic acids is 2. The van der Waals surface area contributed by atoms with Gasteiger partial charge in [0.25, 0.3) is 11.8 Å². The molecule has 2 aromatic carbocycles. The number of carboxylic acid groups (broad SMARTS) is 2. The van der Waals surface area contributed by atoms with Gasteiger partial charge in [-0.15, -0.1) is 0 Å². The highest BCUT2D eigenvalue weighted by Crippen LogP contribution is 2.32. The Morgan fingerprint density at radius 3 is 2.21 bits per heavy atom. The van der Waals surface area contributed by atoms with Crippen LogP contribution in [0.4, 0.5) is 13.2 Å². The molecule has 0 unspecified atom stereocenters. The first-order chi connectivity index (χ1) is 27.4. The molecule has 0 spiro atoms. The lowest BCUT2D eigenvalue weighted by Gasteiger charge is -2.32. The molecular weight excluding hydrogens is 773 g/mol. The number of halogens is 3. The lowest BCUT2D eigenvalue weighted by atomic mass is 9.90. The first kappa shape index (κ1) is 46.0. The number of nitrogens with one attached hydrogen (secondary N) is 3. The fourth-order valence-electron chi connectivity index (χ4n) is 5.93. The average Bonchev–Trinajstić information content (AvgIpc) is 3.67. The molecule has 0 saturated carbocycles. The predicted octanol–water partition coefficient (Wildman–Crippen LogP) is 5.34. The SMILES string of the molecule is CCCCC[C@@H](C(=O)NCNC(=O)c1ccc(-c2ccc(C(=O)N[C@@H](CC(=O)O)C(=O)O)c(OCC)c2)o1)[C@@H](CC)N(C=O)OC(=O)c1ccc(C(F)(F)F)cc1C. The van der Waals surface area contributed by atoms with Crippen LogP contribution in [0, 0.1) is 12.8 Å². The minimum absolute atomic E-state index is 0.0265. The van der Waals surface area contributed by atoms with Gasteiger partial charge in [0, 0.05) is 5.56 Å². The largest absolute Gasteiger partial charge is 0.493 e. The number of ether oxygens (including phenoxy) is 1. The summed E-state index contributed by atoms with van der Waals surface area (Å²) in [5, 5.41) is 26.2. The molecule has 0 radical (unpaired) electrons. The number of hydrogen-bond acceptors (Lipinski definition) is 10. The molecule has 3 aromatic rings. The zero-order valence-electron chi connectivity index (χ0n) is 32.1. The molecule has 0 aliphatic rings. The van der Waals surface area contributed by atoms with E-state index in [1.54, 1.807) is 13.8 Å². The van der Waals surface area contributed by atoms with Crippen molar-refractivity contribution in [3.05, 3.63) is 76.5 Å². The van der Waals surface area contributed by atoms with Crippen LogP contribution in [0.25, 0.3) is 11.3 Å². The van der Waals surface area contributed by atoms with Gasteiger partial charge in [0.2, 0.25) is 12.3 Å². The summed E-state index contributed by atoms with van der Waals surface area (Å²) in [4.78, 5) is 92.4. The number of aliphatic carboxylic acids is 2. The van der Waals surface area contributed by atoms with Crippen molar-refractivity contribution in [2.75, 3.05) is 13.3 Å². The second-order valence-corrected chi connectivity index (χ2v) is 12.9. The third-order valence-corrected chi connectivity index (χ3v) is 8.87. The maximum Gasteiger partial charge on any atom is 0.416 e. The van der Waals surface area contributed by atoms with Crippen molar-refractivity contribution in [2.45, 2.75) is 84.5 Å². The lowest BCUT2D eigenvalue weighted by Crippen LogP contribution is -2.49. The first-order valence-corrected chi connectivity index (χ1v) is 18.3. The number of amides is 4. The Kier molecular flexibility index (Phi) is 16.8. The van der Waals surface area contributed by atoms with Gasteiger partial charge in [0.05, 0.1) is 48.3 Å². The van der Waals surface area contributed by atoms with Crippen LogP contribution in [0.1, 0.15) is 102 Å². The molecule has 0 fully saturated rings. The van der Waals surface area contributed by atoms with Crippen molar-refractivity contribution < 1.29 is 70.9 Å². The number of benzene rings is 2. The zero-order chi connectivity index (χ0) is 43.2. The summed E-state index contributed by atoms with van der Waals surface area (Å²) in [6.07, 6.45) is -2.74. The third kappa shape index (κ3) is 12.6. The molecule has 0 saturated heterocycles. The molecule has 0 bridgehead atoms. The molecule has 1 aromatic heterocycles. The van der Waals surface area contributed by atoms with Gasteiger partial charge in [-0.3, -0.25) is 24.0 Å². The molecule has 3 rings (SSSR count). The number of unbranched alkanes of at least 4 members (excludes halogenated alkanes) is 2. The highest BCUT2D eigenvalue weighted by molar-refractivity contribution is 6.00. The van der Waals surface area contributed by atoms with Gasteiger partial charge in [0.15, 0.2) is 5.76 Å². The van der Waals surface area contributed by atoms with E-state index >= 15 is 0 Å². The van der Waals surface area contributed by atoms with Crippen LogP contribution in [-0.2, 0) is 30.2 Å². The van der Waals surface area contributed by atoms with E-state index in [1.165, 1.54) is 37.3 Å². The number of carbonyl (C=O) groups excluding carboxylic acids is 5. The highest BCUT2D eigenvalue weighted by Gasteiger charge is 2.35. The Morgan fingerprint density at radius 1 is 0.914 bits per heavy atom. The van der Waals surface area contributed by atoms with E-state index in [4.69, 9.17) is 19.1 Å². The zero-order valence-corrected chi connectivity index (χ0v) is 32.1. The number of rotatable bonds is 22. The van der Waals surface area contributed by atoms with E-state index < -0.39 is 71.8 Å². The van der Waals surface area contributed by atoms with Crippen LogP contribution in [-0.4, -0.2) is 82.7 Å². The van der Waals surface area contributed by atoms with Crippen molar-refractivity contribution in [1.82, 2.24) is 21.0 Å².